The summed E-state index contributed by atoms with van der Waals surface area (Å²) >= 11 is 5.88. The maximum atomic E-state index is 14.0. The van der Waals surface area contributed by atoms with Gasteiger partial charge < -0.3 is 14.5 Å². The van der Waals surface area contributed by atoms with E-state index in [9.17, 15) is 9.18 Å². The number of piperazine rings is 1. The highest BCUT2D eigenvalue weighted by atomic mass is 35.5. The Morgan fingerprint density at radius 3 is 2.79 bits per heavy atom. The van der Waals surface area contributed by atoms with E-state index in [2.05, 4.69) is 0 Å². The number of nitrogens with zero attached hydrogens (tertiary/aromatic N) is 2. The number of methoxy groups -OCH3 is 1. The predicted octanol–water partition coefficient (Wildman–Crippen LogP) is 2.15. The molecule has 104 valence electrons. The second kappa shape index (κ2) is 5.65. The fourth-order valence-electron chi connectivity index (χ4n) is 2.26. The molecule has 19 heavy (non-hydrogen) atoms. The SMILES string of the molecule is COc1cc(N2CCN(C=O)[C@@H](C)C2)c(F)cc1Cl. The number of rotatable bonds is 3. The van der Waals surface area contributed by atoms with Gasteiger partial charge in [-0.15, -0.1) is 0 Å². The Kier molecular flexibility index (Phi) is 4.14. The number of amides is 1. The molecular weight excluding hydrogens is 271 g/mol. The highest BCUT2D eigenvalue weighted by molar-refractivity contribution is 6.32. The molecule has 1 aromatic rings. The molecule has 2 rings (SSSR count). The van der Waals surface area contributed by atoms with Crippen LogP contribution in [-0.4, -0.2) is 44.1 Å². The predicted molar refractivity (Wildman–Crippen MR) is 72.4 cm³/mol. The number of hydrogen-bond donors (Lipinski definition) is 0. The topological polar surface area (TPSA) is 32.8 Å². The first kappa shape index (κ1) is 13.9. The molecule has 0 unspecified atom stereocenters. The highest BCUT2D eigenvalue weighted by Gasteiger charge is 2.25. The van der Waals surface area contributed by atoms with Crippen LogP contribution in [-0.2, 0) is 4.79 Å². The second-order valence-electron chi connectivity index (χ2n) is 4.58. The first-order valence-electron chi connectivity index (χ1n) is 6.06. The third-order valence-electron chi connectivity index (χ3n) is 3.38. The van der Waals surface area contributed by atoms with Crippen LogP contribution >= 0.6 is 11.6 Å². The average molecular weight is 287 g/mol. The third-order valence-corrected chi connectivity index (χ3v) is 3.67. The van der Waals surface area contributed by atoms with E-state index >= 15 is 0 Å². The van der Waals surface area contributed by atoms with Crippen molar-refractivity contribution in [1.29, 1.82) is 0 Å². The number of hydrogen-bond acceptors (Lipinski definition) is 3. The summed E-state index contributed by atoms with van der Waals surface area (Å²) in [6.45, 7) is 3.69. The molecule has 0 bridgehead atoms. The summed E-state index contributed by atoms with van der Waals surface area (Å²) in [7, 11) is 1.50. The van der Waals surface area contributed by atoms with Gasteiger partial charge in [-0.2, -0.15) is 0 Å². The molecule has 1 heterocycles. The molecule has 0 aliphatic carbocycles. The monoisotopic (exact) mass is 286 g/mol. The van der Waals surface area contributed by atoms with E-state index in [0.29, 0.717) is 31.1 Å². The highest BCUT2D eigenvalue weighted by Crippen LogP contribution is 2.33. The maximum Gasteiger partial charge on any atom is 0.210 e. The van der Waals surface area contributed by atoms with Gasteiger partial charge in [-0.05, 0) is 13.0 Å². The quantitative estimate of drug-likeness (QED) is 0.798. The largest absolute Gasteiger partial charge is 0.495 e. The summed E-state index contributed by atoms with van der Waals surface area (Å²) in [4.78, 5) is 14.4. The van der Waals surface area contributed by atoms with Gasteiger partial charge >= 0.3 is 0 Å². The van der Waals surface area contributed by atoms with E-state index in [1.165, 1.54) is 13.2 Å². The lowest BCUT2D eigenvalue weighted by molar-refractivity contribution is -0.120. The minimum absolute atomic E-state index is 0.0484. The normalized spacial score (nSPS) is 19.5. The Morgan fingerprint density at radius 1 is 1.47 bits per heavy atom. The van der Waals surface area contributed by atoms with Crippen LogP contribution < -0.4 is 9.64 Å². The maximum absolute atomic E-state index is 14.0. The standard InChI is InChI=1S/C13H16ClFN2O2/c1-9-7-16(3-4-17(9)8-18)12-6-13(19-2)10(14)5-11(12)15/h5-6,8-9H,3-4,7H2,1-2H3/t9-/m0/s1. The molecule has 1 fully saturated rings. The Hall–Kier alpha value is -1.49. The molecule has 0 aromatic heterocycles. The fourth-order valence-corrected chi connectivity index (χ4v) is 2.49. The van der Waals surface area contributed by atoms with Gasteiger partial charge in [0.05, 0.1) is 17.8 Å². The van der Waals surface area contributed by atoms with Crippen LogP contribution in [0.3, 0.4) is 0 Å². The van der Waals surface area contributed by atoms with Crippen molar-refractivity contribution in [3.05, 3.63) is 23.0 Å². The van der Waals surface area contributed by atoms with E-state index < -0.39 is 0 Å². The van der Waals surface area contributed by atoms with E-state index in [4.69, 9.17) is 16.3 Å². The second-order valence-corrected chi connectivity index (χ2v) is 4.98. The van der Waals surface area contributed by atoms with Gasteiger partial charge in [0.15, 0.2) is 0 Å². The molecule has 1 amide bonds. The lowest BCUT2D eigenvalue weighted by Gasteiger charge is -2.39. The first-order valence-corrected chi connectivity index (χ1v) is 6.43. The summed E-state index contributed by atoms with van der Waals surface area (Å²) < 4.78 is 19.1. The van der Waals surface area contributed by atoms with Crippen LogP contribution in [0, 0.1) is 5.82 Å². The lowest BCUT2D eigenvalue weighted by atomic mass is 10.1. The summed E-state index contributed by atoms with van der Waals surface area (Å²) in [5, 5.41) is 0.253. The van der Waals surface area contributed by atoms with Gasteiger partial charge in [0, 0.05) is 31.7 Å². The summed E-state index contributed by atoms with van der Waals surface area (Å²) in [6.07, 6.45) is 0.834. The Labute approximate surface area is 116 Å². The van der Waals surface area contributed by atoms with Crippen molar-refractivity contribution in [1.82, 2.24) is 4.90 Å². The van der Waals surface area contributed by atoms with Crippen molar-refractivity contribution < 1.29 is 13.9 Å². The fraction of sp³-hybridized carbons (Fsp3) is 0.462. The lowest BCUT2D eigenvalue weighted by Crippen LogP contribution is -2.51. The van der Waals surface area contributed by atoms with Gasteiger partial charge in [-0.1, -0.05) is 11.6 Å². The van der Waals surface area contributed by atoms with Crippen molar-refractivity contribution in [3.63, 3.8) is 0 Å². The van der Waals surface area contributed by atoms with Crippen molar-refractivity contribution in [3.8, 4) is 5.75 Å². The summed E-state index contributed by atoms with van der Waals surface area (Å²) in [5.74, 6) is 0.0705. The zero-order chi connectivity index (χ0) is 14.0. The molecule has 0 spiro atoms. The molecule has 1 atom stereocenters. The Balaban J connectivity index is 2.25. The molecule has 1 aromatic carbocycles. The van der Waals surface area contributed by atoms with Gasteiger partial charge in [0.1, 0.15) is 11.6 Å². The van der Waals surface area contributed by atoms with Crippen LogP contribution in [0.15, 0.2) is 12.1 Å². The van der Waals surface area contributed by atoms with Crippen molar-refractivity contribution in [2.24, 2.45) is 0 Å². The van der Waals surface area contributed by atoms with Crippen molar-refractivity contribution in [2.45, 2.75) is 13.0 Å². The Bertz CT molecular complexity index is 484. The van der Waals surface area contributed by atoms with Gasteiger partial charge in [-0.25, -0.2) is 4.39 Å². The molecule has 1 aliphatic rings. The molecule has 0 N–H and O–H groups in total. The van der Waals surface area contributed by atoms with Crippen LogP contribution in [0.25, 0.3) is 0 Å². The number of carbonyl (C=O) groups is 1. The summed E-state index contributed by atoms with van der Waals surface area (Å²) in [5.41, 5.74) is 0.457. The van der Waals surface area contributed by atoms with Crippen LogP contribution in [0.2, 0.25) is 5.02 Å². The van der Waals surface area contributed by atoms with Crippen LogP contribution in [0.5, 0.6) is 5.75 Å². The first-order chi connectivity index (χ1) is 9.06. The minimum atomic E-state index is -0.377. The van der Waals surface area contributed by atoms with Crippen molar-refractivity contribution >= 4 is 23.7 Å². The zero-order valence-corrected chi connectivity index (χ0v) is 11.7. The smallest absolute Gasteiger partial charge is 0.210 e. The number of carbonyl (C=O) groups excluding carboxylic acids is 1. The number of benzene rings is 1. The molecular formula is C13H16ClFN2O2. The molecule has 1 aliphatic heterocycles. The average Bonchev–Trinajstić information content (AvgIpc) is 2.39. The number of halogens is 2. The molecule has 1 saturated heterocycles. The Morgan fingerprint density at radius 2 is 2.21 bits per heavy atom. The van der Waals surface area contributed by atoms with E-state index in [0.717, 1.165) is 6.41 Å². The third kappa shape index (κ3) is 2.76. The molecule has 0 radical (unpaired) electrons. The van der Waals surface area contributed by atoms with E-state index in [-0.39, 0.29) is 16.9 Å². The van der Waals surface area contributed by atoms with Crippen LogP contribution in [0.4, 0.5) is 10.1 Å². The van der Waals surface area contributed by atoms with Gasteiger partial charge in [-0.3, -0.25) is 4.79 Å². The number of anilines is 1. The van der Waals surface area contributed by atoms with Gasteiger partial charge in [0.2, 0.25) is 6.41 Å². The van der Waals surface area contributed by atoms with Crippen molar-refractivity contribution in [2.75, 3.05) is 31.6 Å². The minimum Gasteiger partial charge on any atom is -0.495 e. The number of ether oxygens (including phenoxy) is 1. The molecule has 0 saturated carbocycles. The molecule has 6 heteroatoms. The van der Waals surface area contributed by atoms with Gasteiger partial charge in [0.25, 0.3) is 0 Å². The summed E-state index contributed by atoms with van der Waals surface area (Å²) in [6, 6.07) is 2.90. The zero-order valence-electron chi connectivity index (χ0n) is 10.9. The van der Waals surface area contributed by atoms with E-state index in [1.54, 1.807) is 11.0 Å². The van der Waals surface area contributed by atoms with E-state index in [1.807, 2.05) is 11.8 Å². The molecule has 4 nitrogen and oxygen atoms in total. The van der Waals surface area contributed by atoms with Crippen LogP contribution in [0.1, 0.15) is 6.92 Å².